The minimum Gasteiger partial charge on any atom is -0.395 e. The van der Waals surface area contributed by atoms with Crippen molar-refractivity contribution >= 4 is 41.3 Å². The molecular weight excluding hydrogens is 1660 g/mol. The van der Waals surface area contributed by atoms with E-state index in [4.69, 9.17) is 70.8 Å². The number of aromatic nitrogens is 20. The van der Waals surface area contributed by atoms with Gasteiger partial charge >= 0.3 is 6.01 Å². The van der Waals surface area contributed by atoms with Crippen molar-refractivity contribution < 1.29 is 33.0 Å². The van der Waals surface area contributed by atoms with Crippen molar-refractivity contribution in [2.45, 2.75) is 128 Å². The van der Waals surface area contributed by atoms with Crippen LogP contribution in [0.1, 0.15) is 145 Å². The quantitative estimate of drug-likeness (QED) is 0.0202. The number of pyridine rings is 2. The molecule has 11 aromatic heterocycles. The summed E-state index contributed by atoms with van der Waals surface area (Å²) in [7, 11) is 3.54. The van der Waals surface area contributed by atoms with E-state index in [1.807, 2.05) is 44.4 Å². The van der Waals surface area contributed by atoms with Gasteiger partial charge in [0.2, 0.25) is 17.8 Å². The zero-order chi connectivity index (χ0) is 91.8. The second kappa shape index (κ2) is 38.6. The Morgan fingerprint density at radius 1 is 0.443 bits per heavy atom. The third-order valence-corrected chi connectivity index (χ3v) is 25.5. The minimum atomic E-state index is -0.823. The van der Waals surface area contributed by atoms with Crippen LogP contribution in [0, 0.1) is 30.6 Å². The van der Waals surface area contributed by atoms with E-state index in [2.05, 4.69) is 235 Å². The molecule has 4 aromatic carbocycles. The molecule has 1 saturated heterocycles. The number of methoxy groups -OCH3 is 1. The fourth-order valence-corrected chi connectivity index (χ4v) is 16.3. The van der Waals surface area contributed by atoms with Gasteiger partial charge in [-0.3, -0.25) is 9.58 Å². The molecule has 0 amide bonds. The fraction of sp³-hybridized carbons (Fsp3) is 0.365. The van der Waals surface area contributed by atoms with Crippen molar-refractivity contribution in [3.05, 3.63) is 241 Å². The second-order valence-corrected chi connectivity index (χ2v) is 35.4. The number of hydrogen-bond acceptors (Lipinski definition) is 34. The van der Waals surface area contributed by atoms with Crippen LogP contribution in [0.25, 0.3) is 79.0 Å². The predicted octanol–water partition coefficient (Wildman–Crippen LogP) is 13.7. The lowest BCUT2D eigenvalue weighted by atomic mass is 9.72. The Morgan fingerprint density at radius 2 is 0.840 bits per heavy atom. The highest BCUT2D eigenvalue weighted by Gasteiger charge is 2.50. The Hall–Kier alpha value is -14.3. The zero-order valence-electron chi connectivity index (χ0n) is 75.4. The first-order valence-corrected chi connectivity index (χ1v) is 44.0. The Labute approximate surface area is 758 Å². The smallest absolute Gasteiger partial charge is 0.324 e. The molecule has 3 aliphatic carbocycles. The first kappa shape index (κ1) is 90.1. The van der Waals surface area contributed by atoms with E-state index in [0.717, 1.165) is 160 Å². The molecule has 35 heteroatoms. The van der Waals surface area contributed by atoms with Crippen LogP contribution in [-0.2, 0) is 33.4 Å². The van der Waals surface area contributed by atoms with E-state index in [0.29, 0.717) is 103 Å². The standard InChI is InChI=1S/C26H29N7O2.C25H27N7O2.C23H31N7O2.C22H23N7O/c1-25(2,34)15-31-21-11-6-17(12-28-21)22-32-23(33-35-22)26(3,20-9-10-20)19-7-4-16(5-8-19)18-13-29-24(27)30-14-18;1-25(20-8-9-20,19-6-3-16(4-7-19)18-14-29-24(26)30-15-18)23-31-22(34-32-23)17-5-10-21(28-13-17)27-11-12-33-2;1-16(2)23(3,19-6-4-17(5-7-19)18-14-25-21(24)26-15-18)20-27-22(32-28-20)30-10-8-29(9-11-30)12-13-31;1-13-19(23)24-11-18(26-13)14-4-6-16(7-5-14)22(2,17-8-9-17)21-27-20(30-28-21)15-10-25-29(3)12-15/h4-8,11-14,20,34H,9-10,15H2,1-3H3,(H,28,31)(H2,27,29,30);3-7,10,13-15,20H,8-9,11-12H2,1-2H3,(H,27,28)(H2,26,29,30);4-7,14-16,31H,8-13H2,1-3H3,(H2,24,25,26);4-7,10-12,17H,8-9H2,1-3H3,(H2,23,24)/t;;;22-/m...0/s1. The molecule has 4 fully saturated rings. The Bertz CT molecular complexity index is 6270. The lowest BCUT2D eigenvalue weighted by molar-refractivity contribution is 0.0944. The molecule has 131 heavy (non-hydrogen) atoms. The molecule has 3 saturated carbocycles. The van der Waals surface area contributed by atoms with Crippen molar-refractivity contribution in [1.82, 2.24) is 105 Å². The summed E-state index contributed by atoms with van der Waals surface area (Å²) >= 11 is 0. The Balaban J connectivity index is 0.000000128. The van der Waals surface area contributed by atoms with Crippen LogP contribution in [0.2, 0.25) is 0 Å². The summed E-state index contributed by atoms with van der Waals surface area (Å²) < 4.78 is 29.4. The summed E-state index contributed by atoms with van der Waals surface area (Å²) in [5.41, 5.74) is 35.6. The zero-order valence-corrected chi connectivity index (χ0v) is 75.4. The molecule has 3 unspecified atom stereocenters. The minimum absolute atomic E-state index is 0.182. The van der Waals surface area contributed by atoms with Gasteiger partial charge in [-0.05, 0) is 174 Å². The number of β-amino-alcohol motifs (C(OH)–C–C–N with tert-alkyl or cyclic N) is 1. The van der Waals surface area contributed by atoms with Gasteiger partial charge in [-0.2, -0.15) is 25.0 Å². The fourth-order valence-electron chi connectivity index (χ4n) is 16.3. The van der Waals surface area contributed by atoms with Crippen LogP contribution in [0.4, 0.5) is 41.3 Å². The normalized spacial score (nSPS) is 15.8. The maximum Gasteiger partial charge on any atom is 0.324 e. The van der Waals surface area contributed by atoms with E-state index in [1.165, 1.54) is 0 Å². The highest BCUT2D eigenvalue weighted by Crippen LogP contribution is 2.54. The van der Waals surface area contributed by atoms with Crippen molar-refractivity contribution in [1.29, 1.82) is 0 Å². The number of nitrogens with two attached hydrogens (primary N) is 4. The molecule has 4 aliphatic rings. The molecule has 15 aromatic rings. The molecule has 4 atom stereocenters. The molecule has 12 N–H and O–H groups in total. The lowest BCUT2D eigenvalue weighted by Crippen LogP contribution is -2.47. The number of aryl methyl sites for hydroxylation is 2. The van der Waals surface area contributed by atoms with E-state index in [-0.39, 0.29) is 46.6 Å². The third kappa shape index (κ3) is 20.4. The average molecular weight is 1770 g/mol. The number of aliphatic hydroxyl groups is 2. The molecule has 0 radical (unpaired) electrons. The number of rotatable bonds is 29. The first-order chi connectivity index (χ1) is 63.2. The molecular formula is C96H110N28O7. The first-order valence-electron chi connectivity index (χ1n) is 44.0. The van der Waals surface area contributed by atoms with Crippen molar-refractivity contribution in [3.8, 4) is 79.0 Å². The lowest BCUT2D eigenvalue weighted by Gasteiger charge is -2.33. The molecule has 0 spiro atoms. The summed E-state index contributed by atoms with van der Waals surface area (Å²) in [5.74, 6) is 8.49. The van der Waals surface area contributed by atoms with Gasteiger partial charge in [-0.1, -0.05) is 132 Å². The molecule has 676 valence electrons. The number of piperazine rings is 1. The van der Waals surface area contributed by atoms with E-state index < -0.39 is 11.0 Å². The SMILES string of the molecule is CC(C)(O)CNc1ccc(-c2nc(C(C)(c3ccc(-c4cnc(N)nc4)cc3)C3CC3)no2)cn1.CC(C)C(C)(c1ccc(-c2cnc(N)nc2)cc1)c1noc(N2CCN(CCO)CC2)n1.COCCNc1ccc(-c2nc(C(C)(c3ccc(-c4cnc(N)nc4)cc3)C3CC3)no2)cn1.Cc1nc(-c2ccc([C@](C)(c3noc(-c4cnn(C)c4)n3)C3CC3)cc2)cnc1N. The van der Waals surface area contributed by atoms with Crippen LogP contribution in [0.5, 0.6) is 0 Å². The molecule has 35 nitrogen and oxygen atoms in total. The monoisotopic (exact) mass is 1770 g/mol. The van der Waals surface area contributed by atoms with Crippen molar-refractivity contribution in [3.63, 3.8) is 0 Å². The van der Waals surface area contributed by atoms with Gasteiger partial charge in [0.15, 0.2) is 23.3 Å². The van der Waals surface area contributed by atoms with Crippen LogP contribution in [0.3, 0.4) is 0 Å². The second-order valence-electron chi connectivity index (χ2n) is 35.4. The van der Waals surface area contributed by atoms with Crippen LogP contribution >= 0.6 is 0 Å². The van der Waals surface area contributed by atoms with Gasteiger partial charge in [-0.25, -0.2) is 49.8 Å². The Kier molecular flexibility index (Phi) is 26.5. The van der Waals surface area contributed by atoms with E-state index in [9.17, 15) is 5.11 Å². The highest BCUT2D eigenvalue weighted by atomic mass is 16.5. The number of anilines is 7. The van der Waals surface area contributed by atoms with Crippen molar-refractivity contribution in [2.24, 2.45) is 30.7 Å². The summed E-state index contributed by atoms with van der Waals surface area (Å²) in [5, 5.41) is 47.1. The summed E-state index contributed by atoms with van der Waals surface area (Å²) in [6, 6.07) is 41.6. The number of nitrogen functional groups attached to an aromatic ring is 4. The number of aliphatic hydroxyl groups excluding tert-OH is 1. The number of nitrogens with one attached hydrogen (secondary N) is 2. The number of nitrogens with zero attached hydrogens (tertiary/aromatic N) is 22. The van der Waals surface area contributed by atoms with Gasteiger partial charge in [0.1, 0.15) is 17.5 Å². The van der Waals surface area contributed by atoms with Crippen LogP contribution in [0.15, 0.2) is 208 Å². The number of ether oxygens (including phenoxy) is 1. The van der Waals surface area contributed by atoms with E-state index >= 15 is 0 Å². The van der Waals surface area contributed by atoms with Crippen LogP contribution < -0.4 is 38.5 Å². The van der Waals surface area contributed by atoms with Gasteiger partial charge in [0.25, 0.3) is 17.7 Å². The number of hydrogen-bond donors (Lipinski definition) is 8. The number of benzene rings is 4. The predicted molar refractivity (Wildman–Crippen MR) is 498 cm³/mol. The topological polar surface area (TPSA) is 487 Å². The third-order valence-electron chi connectivity index (χ3n) is 25.5. The molecule has 0 bridgehead atoms. The van der Waals surface area contributed by atoms with Gasteiger partial charge in [-0.15, -0.1) is 0 Å². The maximum absolute atomic E-state index is 9.88. The summed E-state index contributed by atoms with van der Waals surface area (Å²) in [6.45, 7) is 24.4. The largest absolute Gasteiger partial charge is 0.395 e. The summed E-state index contributed by atoms with van der Waals surface area (Å²) in [4.78, 5) is 65.6. The van der Waals surface area contributed by atoms with Gasteiger partial charge in [0.05, 0.1) is 80.9 Å². The van der Waals surface area contributed by atoms with Crippen LogP contribution in [-0.4, -0.2) is 187 Å². The molecule has 19 rings (SSSR count). The molecule has 1 aliphatic heterocycles. The van der Waals surface area contributed by atoms with E-state index in [1.54, 1.807) is 87.6 Å². The summed E-state index contributed by atoms with van der Waals surface area (Å²) in [6.07, 6.45) is 25.9. The highest BCUT2D eigenvalue weighted by molar-refractivity contribution is 5.67. The van der Waals surface area contributed by atoms with Crippen molar-refractivity contribution in [2.75, 3.05) is 105 Å². The maximum atomic E-state index is 9.88. The Morgan fingerprint density at radius 3 is 1.21 bits per heavy atom. The van der Waals surface area contributed by atoms with Gasteiger partial charge in [0, 0.05) is 138 Å². The van der Waals surface area contributed by atoms with Gasteiger partial charge < -0.3 is 71.5 Å². The molecule has 12 heterocycles. The average Bonchev–Trinajstić information content (AvgIpc) is 1.61.